The van der Waals surface area contributed by atoms with Crippen molar-refractivity contribution in [1.29, 1.82) is 0 Å². The first kappa shape index (κ1) is 15.9. The van der Waals surface area contributed by atoms with Gasteiger partial charge in [-0.05, 0) is 19.3 Å². The van der Waals surface area contributed by atoms with Crippen LogP contribution in [0.3, 0.4) is 0 Å². The minimum atomic E-state index is -0.809. The van der Waals surface area contributed by atoms with E-state index in [1.165, 1.54) is 0 Å². The molecule has 3 N–H and O–H groups in total. The molecule has 5 heteroatoms. The summed E-state index contributed by atoms with van der Waals surface area (Å²) in [5.74, 6) is -0.767. The minimum Gasteiger partial charge on any atom is -0.480 e. The van der Waals surface area contributed by atoms with Gasteiger partial charge in [-0.1, -0.05) is 20.8 Å². The van der Waals surface area contributed by atoms with Gasteiger partial charge >= 0.3 is 5.97 Å². The fourth-order valence-corrected chi connectivity index (χ4v) is 1.51. The van der Waals surface area contributed by atoms with Gasteiger partial charge in [0, 0.05) is 19.0 Å². The van der Waals surface area contributed by atoms with Crippen molar-refractivity contribution in [3.63, 3.8) is 0 Å². The number of nitrogens with one attached hydrogen (secondary N) is 2. The number of carbonyl (C=O) groups is 2. The van der Waals surface area contributed by atoms with E-state index in [4.69, 9.17) is 5.11 Å². The molecule has 0 heterocycles. The summed E-state index contributed by atoms with van der Waals surface area (Å²) < 4.78 is 0. The Kier molecular flexibility index (Phi) is 8.40. The van der Waals surface area contributed by atoms with Crippen LogP contribution >= 0.6 is 0 Å². The molecule has 17 heavy (non-hydrogen) atoms. The standard InChI is InChI=1S/C12H24N2O3/c1-4-11(15)13-8-6-5-7-10(12(16)17)14-9(2)3/h9-10,14H,4-8H2,1-3H3,(H,13,15)(H,16,17). The monoisotopic (exact) mass is 244 g/mol. The highest BCUT2D eigenvalue weighted by atomic mass is 16.4. The molecule has 1 amide bonds. The molecule has 0 aromatic heterocycles. The summed E-state index contributed by atoms with van der Waals surface area (Å²) in [5, 5.41) is 14.7. The molecule has 1 unspecified atom stereocenters. The topological polar surface area (TPSA) is 78.4 Å². The summed E-state index contributed by atoms with van der Waals surface area (Å²) in [4.78, 5) is 21.9. The van der Waals surface area contributed by atoms with E-state index in [0.29, 0.717) is 19.4 Å². The molecule has 0 fully saturated rings. The molecule has 100 valence electrons. The van der Waals surface area contributed by atoms with Gasteiger partial charge in [0.05, 0.1) is 0 Å². The number of rotatable bonds is 9. The predicted molar refractivity (Wildman–Crippen MR) is 66.8 cm³/mol. The van der Waals surface area contributed by atoms with Crippen molar-refractivity contribution in [2.45, 2.75) is 58.5 Å². The van der Waals surface area contributed by atoms with Gasteiger partial charge in [0.2, 0.25) is 5.91 Å². The Morgan fingerprint density at radius 3 is 2.35 bits per heavy atom. The molecule has 0 aromatic rings. The molecule has 0 spiro atoms. The second kappa shape index (κ2) is 8.98. The Morgan fingerprint density at radius 2 is 1.88 bits per heavy atom. The van der Waals surface area contributed by atoms with Gasteiger partial charge < -0.3 is 15.7 Å². The van der Waals surface area contributed by atoms with E-state index in [-0.39, 0.29) is 11.9 Å². The molecule has 0 aliphatic rings. The molecule has 0 saturated heterocycles. The van der Waals surface area contributed by atoms with Crippen LogP contribution in [0.25, 0.3) is 0 Å². The Morgan fingerprint density at radius 1 is 1.24 bits per heavy atom. The smallest absolute Gasteiger partial charge is 0.320 e. The van der Waals surface area contributed by atoms with Crippen LogP contribution in [-0.2, 0) is 9.59 Å². The van der Waals surface area contributed by atoms with Crippen molar-refractivity contribution in [2.24, 2.45) is 0 Å². The van der Waals surface area contributed by atoms with Crippen LogP contribution in [0.2, 0.25) is 0 Å². The summed E-state index contributed by atoms with van der Waals surface area (Å²) in [6, 6.07) is -0.326. The lowest BCUT2D eigenvalue weighted by molar-refractivity contribution is -0.139. The van der Waals surface area contributed by atoms with E-state index in [2.05, 4.69) is 10.6 Å². The van der Waals surface area contributed by atoms with Crippen LogP contribution < -0.4 is 10.6 Å². The third-order valence-corrected chi connectivity index (χ3v) is 2.40. The fraction of sp³-hybridized carbons (Fsp3) is 0.833. The fourth-order valence-electron chi connectivity index (χ4n) is 1.51. The first-order chi connectivity index (χ1) is 7.97. The van der Waals surface area contributed by atoms with E-state index in [1.807, 2.05) is 20.8 Å². The van der Waals surface area contributed by atoms with Crippen LogP contribution in [-0.4, -0.2) is 35.6 Å². The van der Waals surface area contributed by atoms with Crippen LogP contribution in [0.5, 0.6) is 0 Å². The molecular formula is C12H24N2O3. The molecule has 0 rings (SSSR count). The number of carboxylic acid groups (broad SMARTS) is 1. The maximum Gasteiger partial charge on any atom is 0.320 e. The van der Waals surface area contributed by atoms with Crippen LogP contribution in [0.15, 0.2) is 0 Å². The van der Waals surface area contributed by atoms with E-state index in [9.17, 15) is 9.59 Å². The summed E-state index contributed by atoms with van der Waals surface area (Å²) in [6.45, 7) is 6.29. The largest absolute Gasteiger partial charge is 0.480 e. The number of unbranched alkanes of at least 4 members (excludes halogenated alkanes) is 1. The Hall–Kier alpha value is -1.10. The summed E-state index contributed by atoms with van der Waals surface area (Å²) in [6.07, 6.45) is 2.69. The SMILES string of the molecule is CCC(=O)NCCCCC(NC(C)C)C(=O)O. The Bertz CT molecular complexity index is 242. The van der Waals surface area contributed by atoms with Gasteiger partial charge in [-0.15, -0.1) is 0 Å². The quantitative estimate of drug-likeness (QED) is 0.531. The van der Waals surface area contributed by atoms with E-state index in [1.54, 1.807) is 0 Å². The van der Waals surface area contributed by atoms with Gasteiger partial charge in [-0.25, -0.2) is 0 Å². The number of aliphatic carboxylic acids is 1. The Labute approximate surface area is 103 Å². The Balaban J connectivity index is 3.68. The molecule has 0 bridgehead atoms. The average Bonchev–Trinajstić information content (AvgIpc) is 2.25. The maximum absolute atomic E-state index is 10.9. The zero-order chi connectivity index (χ0) is 13.3. The number of carboxylic acids is 1. The third-order valence-electron chi connectivity index (χ3n) is 2.40. The van der Waals surface area contributed by atoms with Gasteiger partial charge in [0.1, 0.15) is 6.04 Å². The second-order valence-electron chi connectivity index (χ2n) is 4.41. The lowest BCUT2D eigenvalue weighted by atomic mass is 10.1. The zero-order valence-corrected chi connectivity index (χ0v) is 11.0. The summed E-state index contributed by atoms with van der Waals surface area (Å²) in [5.41, 5.74) is 0. The number of amides is 1. The van der Waals surface area contributed by atoms with Crippen LogP contribution in [0.1, 0.15) is 46.5 Å². The first-order valence-corrected chi connectivity index (χ1v) is 6.23. The maximum atomic E-state index is 10.9. The molecule has 0 aromatic carbocycles. The van der Waals surface area contributed by atoms with E-state index >= 15 is 0 Å². The molecule has 0 aliphatic carbocycles. The molecule has 1 atom stereocenters. The van der Waals surface area contributed by atoms with Crippen molar-refractivity contribution < 1.29 is 14.7 Å². The summed E-state index contributed by atoms with van der Waals surface area (Å²) >= 11 is 0. The summed E-state index contributed by atoms with van der Waals surface area (Å²) in [7, 11) is 0. The predicted octanol–water partition coefficient (Wildman–Crippen LogP) is 1.13. The normalized spacial score (nSPS) is 12.5. The minimum absolute atomic E-state index is 0.0417. The highest BCUT2D eigenvalue weighted by Gasteiger charge is 2.16. The second-order valence-corrected chi connectivity index (χ2v) is 4.41. The molecule has 5 nitrogen and oxygen atoms in total. The zero-order valence-electron chi connectivity index (χ0n) is 11.0. The third kappa shape index (κ3) is 8.68. The first-order valence-electron chi connectivity index (χ1n) is 6.23. The highest BCUT2D eigenvalue weighted by Crippen LogP contribution is 2.02. The van der Waals surface area contributed by atoms with Crippen molar-refractivity contribution in [1.82, 2.24) is 10.6 Å². The van der Waals surface area contributed by atoms with Crippen molar-refractivity contribution in [3.8, 4) is 0 Å². The van der Waals surface area contributed by atoms with Crippen molar-refractivity contribution in [3.05, 3.63) is 0 Å². The van der Waals surface area contributed by atoms with Crippen molar-refractivity contribution in [2.75, 3.05) is 6.54 Å². The van der Waals surface area contributed by atoms with E-state index < -0.39 is 12.0 Å². The van der Waals surface area contributed by atoms with Gasteiger partial charge in [0.25, 0.3) is 0 Å². The van der Waals surface area contributed by atoms with Crippen LogP contribution in [0.4, 0.5) is 0 Å². The number of hydrogen-bond donors (Lipinski definition) is 3. The number of carbonyl (C=O) groups excluding carboxylic acids is 1. The molecule has 0 saturated carbocycles. The average molecular weight is 244 g/mol. The van der Waals surface area contributed by atoms with Crippen LogP contribution in [0, 0.1) is 0 Å². The lowest BCUT2D eigenvalue weighted by Crippen LogP contribution is -2.40. The van der Waals surface area contributed by atoms with Gasteiger partial charge in [-0.2, -0.15) is 0 Å². The van der Waals surface area contributed by atoms with E-state index in [0.717, 1.165) is 12.8 Å². The number of hydrogen-bond acceptors (Lipinski definition) is 3. The van der Waals surface area contributed by atoms with Gasteiger partial charge in [-0.3, -0.25) is 9.59 Å². The highest BCUT2D eigenvalue weighted by molar-refractivity contribution is 5.75. The molecule has 0 radical (unpaired) electrons. The van der Waals surface area contributed by atoms with Crippen molar-refractivity contribution >= 4 is 11.9 Å². The molecular weight excluding hydrogens is 220 g/mol. The molecule has 0 aliphatic heterocycles. The van der Waals surface area contributed by atoms with Gasteiger partial charge in [0.15, 0.2) is 0 Å². The lowest BCUT2D eigenvalue weighted by Gasteiger charge is -2.17.